The standard InChI is InChI=1S/C7H15N3O3S.C2HF3O2/c1-5(8)7(11)10-4-2-3-6(10)14(9,12)13;3-2(4,5)1(6)7/h5-6H,2-4,8H2,1H3,(H2,9,12,13);(H,6,7)/t5-,6+;/m0./s1. The molecule has 0 bridgehead atoms. The Kier molecular flexibility index (Phi) is 6.57. The lowest BCUT2D eigenvalue weighted by molar-refractivity contribution is -0.192. The highest BCUT2D eigenvalue weighted by molar-refractivity contribution is 7.89. The van der Waals surface area contributed by atoms with Gasteiger partial charge in [-0.3, -0.25) is 4.79 Å². The number of hydrogen-bond acceptors (Lipinski definition) is 5. The van der Waals surface area contributed by atoms with Crippen LogP contribution in [-0.2, 0) is 19.6 Å². The van der Waals surface area contributed by atoms with Crippen LogP contribution in [0.2, 0.25) is 0 Å². The highest BCUT2D eigenvalue weighted by Gasteiger charge is 2.38. The summed E-state index contributed by atoms with van der Waals surface area (Å²) in [5.74, 6) is -3.12. The second-order valence-electron chi connectivity index (χ2n) is 4.31. The fourth-order valence-electron chi connectivity index (χ4n) is 1.59. The van der Waals surface area contributed by atoms with Crippen LogP contribution in [0, 0.1) is 0 Å². The van der Waals surface area contributed by atoms with Crippen LogP contribution < -0.4 is 10.9 Å². The number of rotatable bonds is 2. The molecule has 0 aliphatic carbocycles. The van der Waals surface area contributed by atoms with Gasteiger partial charge in [0.15, 0.2) is 0 Å². The zero-order chi connectivity index (χ0) is 17.0. The van der Waals surface area contributed by atoms with Crippen LogP contribution in [0.15, 0.2) is 0 Å². The number of nitrogens with zero attached hydrogens (tertiary/aromatic N) is 1. The van der Waals surface area contributed by atoms with E-state index >= 15 is 0 Å². The van der Waals surface area contributed by atoms with Crippen molar-refractivity contribution in [3.63, 3.8) is 0 Å². The monoisotopic (exact) mass is 335 g/mol. The van der Waals surface area contributed by atoms with Crippen molar-refractivity contribution in [1.82, 2.24) is 4.90 Å². The lowest BCUT2D eigenvalue weighted by Gasteiger charge is -2.24. The van der Waals surface area contributed by atoms with Crippen molar-refractivity contribution in [2.75, 3.05) is 6.54 Å². The minimum absolute atomic E-state index is 0.360. The molecule has 0 aromatic heterocycles. The van der Waals surface area contributed by atoms with Crippen LogP contribution in [0.4, 0.5) is 13.2 Å². The Morgan fingerprint density at radius 1 is 1.38 bits per heavy atom. The van der Waals surface area contributed by atoms with Gasteiger partial charge in [0.05, 0.1) is 6.04 Å². The molecule has 1 amide bonds. The van der Waals surface area contributed by atoms with Gasteiger partial charge in [-0.15, -0.1) is 0 Å². The van der Waals surface area contributed by atoms with Gasteiger partial charge in [0.25, 0.3) is 0 Å². The topological polar surface area (TPSA) is 144 Å². The van der Waals surface area contributed by atoms with Crippen molar-refractivity contribution in [3.8, 4) is 0 Å². The minimum atomic E-state index is -5.08. The third kappa shape index (κ3) is 6.27. The first-order valence-corrected chi connectivity index (χ1v) is 7.27. The molecule has 0 saturated carbocycles. The van der Waals surface area contributed by atoms with Gasteiger partial charge in [0.1, 0.15) is 5.37 Å². The SMILES string of the molecule is C[C@H](N)C(=O)N1CCC[C@H]1S(N)(=O)=O.O=C(O)C(F)(F)F. The molecule has 1 aliphatic heterocycles. The highest BCUT2D eigenvalue weighted by Crippen LogP contribution is 2.20. The number of halogens is 3. The number of alkyl halides is 3. The van der Waals surface area contributed by atoms with Crippen LogP contribution in [-0.4, -0.2) is 54.4 Å². The maximum Gasteiger partial charge on any atom is 0.490 e. The van der Waals surface area contributed by atoms with Gasteiger partial charge in [-0.2, -0.15) is 13.2 Å². The Labute approximate surface area is 118 Å². The van der Waals surface area contributed by atoms with Crippen molar-refractivity contribution in [2.45, 2.75) is 37.4 Å². The molecule has 0 radical (unpaired) electrons. The normalized spacial score (nSPS) is 20.5. The number of sulfonamides is 1. The smallest absolute Gasteiger partial charge is 0.475 e. The second kappa shape index (κ2) is 7.04. The van der Waals surface area contributed by atoms with Crippen LogP contribution in [0.1, 0.15) is 19.8 Å². The van der Waals surface area contributed by atoms with Gasteiger partial charge in [-0.25, -0.2) is 18.4 Å². The average Bonchev–Trinajstić information content (AvgIpc) is 2.75. The van der Waals surface area contributed by atoms with E-state index in [1.807, 2.05) is 0 Å². The highest BCUT2D eigenvalue weighted by atomic mass is 32.2. The lowest BCUT2D eigenvalue weighted by atomic mass is 10.3. The van der Waals surface area contributed by atoms with Gasteiger partial charge < -0.3 is 15.7 Å². The lowest BCUT2D eigenvalue weighted by Crippen LogP contribution is -2.48. The van der Waals surface area contributed by atoms with Gasteiger partial charge in [-0.05, 0) is 19.8 Å². The molecule has 1 fully saturated rings. The Morgan fingerprint density at radius 2 is 1.81 bits per heavy atom. The van der Waals surface area contributed by atoms with E-state index in [2.05, 4.69) is 0 Å². The summed E-state index contributed by atoms with van der Waals surface area (Å²) >= 11 is 0. The van der Waals surface area contributed by atoms with Crippen LogP contribution >= 0.6 is 0 Å². The fourth-order valence-corrected chi connectivity index (χ4v) is 2.65. The number of nitrogens with two attached hydrogens (primary N) is 2. The fraction of sp³-hybridized carbons (Fsp3) is 0.778. The van der Waals surface area contributed by atoms with Crippen molar-refractivity contribution >= 4 is 21.9 Å². The van der Waals surface area contributed by atoms with Crippen molar-refractivity contribution in [1.29, 1.82) is 0 Å². The third-order valence-electron chi connectivity index (χ3n) is 2.49. The number of carbonyl (C=O) groups is 2. The molecule has 0 spiro atoms. The van der Waals surface area contributed by atoms with Crippen molar-refractivity contribution < 1.29 is 36.3 Å². The summed E-state index contributed by atoms with van der Waals surface area (Å²) in [4.78, 5) is 21.6. The average molecular weight is 335 g/mol. The van der Waals surface area contributed by atoms with E-state index in [1.165, 1.54) is 11.8 Å². The quantitative estimate of drug-likeness (QED) is 0.603. The van der Waals surface area contributed by atoms with E-state index in [9.17, 15) is 26.4 Å². The van der Waals surface area contributed by atoms with E-state index in [4.69, 9.17) is 20.8 Å². The molecule has 1 saturated heterocycles. The number of carboxylic acids is 1. The van der Waals surface area contributed by atoms with E-state index in [1.54, 1.807) is 0 Å². The van der Waals surface area contributed by atoms with E-state index in [0.717, 1.165) is 0 Å². The molecule has 21 heavy (non-hydrogen) atoms. The van der Waals surface area contributed by atoms with Crippen LogP contribution in [0.25, 0.3) is 0 Å². The molecule has 1 aliphatic rings. The molecule has 5 N–H and O–H groups in total. The first-order valence-electron chi connectivity index (χ1n) is 5.66. The molecule has 1 heterocycles. The predicted octanol–water partition coefficient (Wildman–Crippen LogP) is -0.796. The summed E-state index contributed by atoms with van der Waals surface area (Å²) in [5, 5.41) is 11.2. The Hall–Kier alpha value is -1.40. The van der Waals surface area contributed by atoms with Gasteiger partial charge in [-0.1, -0.05) is 0 Å². The summed E-state index contributed by atoms with van der Waals surface area (Å²) in [6.07, 6.45) is -4.03. The Bertz CT molecular complexity index is 491. The summed E-state index contributed by atoms with van der Waals surface area (Å²) in [6, 6.07) is -0.683. The number of likely N-dealkylation sites (tertiary alicyclic amines) is 1. The van der Waals surface area contributed by atoms with Crippen LogP contribution in [0.5, 0.6) is 0 Å². The Balaban J connectivity index is 0.000000486. The minimum Gasteiger partial charge on any atom is -0.475 e. The molecule has 0 aromatic carbocycles. The zero-order valence-electron chi connectivity index (χ0n) is 11.0. The molecular weight excluding hydrogens is 319 g/mol. The van der Waals surface area contributed by atoms with Crippen LogP contribution in [0.3, 0.4) is 0 Å². The first kappa shape index (κ1) is 19.6. The summed E-state index contributed by atoms with van der Waals surface area (Å²) < 4.78 is 54.0. The van der Waals surface area contributed by atoms with E-state index in [0.29, 0.717) is 19.4 Å². The van der Waals surface area contributed by atoms with E-state index in [-0.39, 0.29) is 5.91 Å². The number of amides is 1. The molecule has 1 rings (SSSR count). The molecular formula is C9H16F3N3O5S. The maximum absolute atomic E-state index is 11.5. The van der Waals surface area contributed by atoms with Gasteiger partial charge in [0, 0.05) is 6.54 Å². The molecule has 2 atom stereocenters. The number of carboxylic acid groups (broad SMARTS) is 1. The Morgan fingerprint density at radius 3 is 2.10 bits per heavy atom. The summed E-state index contributed by atoms with van der Waals surface area (Å²) in [6.45, 7) is 1.95. The number of aliphatic carboxylic acids is 1. The van der Waals surface area contributed by atoms with E-state index < -0.39 is 33.6 Å². The second-order valence-corrected chi connectivity index (χ2v) is 6.03. The number of carbonyl (C=O) groups excluding carboxylic acids is 1. The molecule has 12 heteroatoms. The predicted molar refractivity (Wildman–Crippen MR) is 65.2 cm³/mol. The molecule has 124 valence electrons. The molecule has 8 nitrogen and oxygen atoms in total. The van der Waals surface area contributed by atoms with Gasteiger partial charge >= 0.3 is 12.1 Å². The first-order chi connectivity index (χ1) is 9.28. The largest absolute Gasteiger partial charge is 0.490 e. The van der Waals surface area contributed by atoms with Crippen molar-refractivity contribution in [3.05, 3.63) is 0 Å². The molecule has 0 unspecified atom stereocenters. The molecule has 0 aromatic rings. The number of hydrogen-bond donors (Lipinski definition) is 3. The van der Waals surface area contributed by atoms with Crippen molar-refractivity contribution in [2.24, 2.45) is 10.9 Å². The number of primary sulfonamides is 1. The summed E-state index contributed by atoms with van der Waals surface area (Å²) in [7, 11) is -3.68. The maximum atomic E-state index is 11.5. The third-order valence-corrected chi connectivity index (χ3v) is 3.74. The summed E-state index contributed by atoms with van der Waals surface area (Å²) in [5.41, 5.74) is 5.39. The van der Waals surface area contributed by atoms with Gasteiger partial charge in [0.2, 0.25) is 15.9 Å². The zero-order valence-corrected chi connectivity index (χ0v) is 11.8.